The van der Waals surface area contributed by atoms with Gasteiger partial charge in [0.2, 0.25) is 11.9 Å². The van der Waals surface area contributed by atoms with Crippen molar-refractivity contribution in [2.45, 2.75) is 11.7 Å². The molecular formula is C12H10ClN3OS. The molecule has 6 heteroatoms. The van der Waals surface area contributed by atoms with Crippen molar-refractivity contribution in [3.05, 3.63) is 29.4 Å². The second kappa shape index (κ2) is 4.40. The van der Waals surface area contributed by atoms with Crippen LogP contribution in [-0.4, -0.2) is 27.7 Å². The van der Waals surface area contributed by atoms with Gasteiger partial charge in [0.25, 0.3) is 0 Å². The van der Waals surface area contributed by atoms with Crippen molar-refractivity contribution in [3.63, 3.8) is 0 Å². The summed E-state index contributed by atoms with van der Waals surface area (Å²) >= 11 is 10.4. The van der Waals surface area contributed by atoms with Gasteiger partial charge in [-0.1, -0.05) is 17.7 Å². The Balaban J connectivity index is 2.06. The molecule has 0 saturated carbocycles. The summed E-state index contributed by atoms with van der Waals surface area (Å²) in [6, 6.07) is 5.47. The normalized spacial score (nSPS) is 19.8. The third-order valence-electron chi connectivity index (χ3n) is 2.91. The molecule has 1 amide bonds. The summed E-state index contributed by atoms with van der Waals surface area (Å²) < 4.78 is 0. The Labute approximate surface area is 114 Å². The number of halogens is 1. The molecule has 3 rings (SSSR count). The molecular weight excluding hydrogens is 270 g/mol. The number of aromatic nitrogens is 2. The van der Waals surface area contributed by atoms with Crippen LogP contribution in [0, 0.1) is 0 Å². The van der Waals surface area contributed by atoms with Crippen molar-refractivity contribution in [1.82, 2.24) is 9.97 Å². The fourth-order valence-electron chi connectivity index (χ4n) is 2.02. The van der Waals surface area contributed by atoms with Gasteiger partial charge in [-0.05, 0) is 12.1 Å². The van der Waals surface area contributed by atoms with Crippen molar-refractivity contribution < 1.29 is 4.79 Å². The maximum absolute atomic E-state index is 11.8. The van der Waals surface area contributed by atoms with Crippen molar-refractivity contribution in [3.8, 4) is 0 Å². The molecule has 2 aromatic rings. The highest BCUT2D eigenvalue weighted by Crippen LogP contribution is 2.25. The second-order valence-electron chi connectivity index (χ2n) is 4.20. The Kier molecular flexibility index (Phi) is 2.87. The zero-order valence-corrected chi connectivity index (χ0v) is 11.0. The van der Waals surface area contributed by atoms with E-state index in [0.29, 0.717) is 23.9 Å². The number of rotatable bonds is 1. The second-order valence-corrected chi connectivity index (χ2v) is 5.34. The summed E-state index contributed by atoms with van der Waals surface area (Å²) in [7, 11) is 0. The number of hydrogen-bond acceptors (Lipinski definition) is 4. The summed E-state index contributed by atoms with van der Waals surface area (Å²) in [6.07, 6.45) is 2.08. The Bertz CT molecular complexity index is 634. The summed E-state index contributed by atoms with van der Waals surface area (Å²) in [6.45, 7) is 0.550. The Morgan fingerprint density at radius 1 is 1.44 bits per heavy atom. The van der Waals surface area contributed by atoms with E-state index in [4.69, 9.17) is 11.6 Å². The molecule has 4 nitrogen and oxygen atoms in total. The third-order valence-corrected chi connectivity index (χ3v) is 3.58. The molecule has 2 heterocycles. The predicted octanol–water partition coefficient (Wildman–Crippen LogP) is 2.32. The highest BCUT2D eigenvalue weighted by molar-refractivity contribution is 7.81. The fourth-order valence-corrected chi connectivity index (χ4v) is 2.56. The maximum atomic E-state index is 11.8. The van der Waals surface area contributed by atoms with E-state index in [-0.39, 0.29) is 11.2 Å². The van der Waals surface area contributed by atoms with E-state index in [1.807, 2.05) is 12.1 Å². The summed E-state index contributed by atoms with van der Waals surface area (Å²) in [5.41, 5.74) is 0.739. The molecule has 1 aromatic heterocycles. The smallest absolute Gasteiger partial charge is 0.232 e. The number of carbonyl (C=O) groups excluding carboxylic acids is 1. The van der Waals surface area contributed by atoms with E-state index in [1.54, 1.807) is 17.2 Å². The SMILES string of the molecule is O=C1CC(S)CN1c1ncc2c(Cl)cccc2n1. The first-order chi connectivity index (χ1) is 8.65. The van der Waals surface area contributed by atoms with E-state index in [9.17, 15) is 4.79 Å². The van der Waals surface area contributed by atoms with Crippen molar-refractivity contribution in [1.29, 1.82) is 0 Å². The number of nitrogens with zero attached hydrogens (tertiary/aromatic N) is 3. The molecule has 0 bridgehead atoms. The van der Waals surface area contributed by atoms with Crippen LogP contribution in [0.5, 0.6) is 0 Å². The Morgan fingerprint density at radius 2 is 2.28 bits per heavy atom. The standard InChI is InChI=1S/C12H10ClN3OS/c13-9-2-1-3-10-8(9)5-14-12(15-10)16-6-7(18)4-11(16)17/h1-3,5,7,18H,4,6H2. The van der Waals surface area contributed by atoms with Gasteiger partial charge in [0.1, 0.15) is 0 Å². The molecule has 1 unspecified atom stereocenters. The van der Waals surface area contributed by atoms with Crippen LogP contribution < -0.4 is 4.90 Å². The van der Waals surface area contributed by atoms with Crippen LogP contribution >= 0.6 is 24.2 Å². The fraction of sp³-hybridized carbons (Fsp3) is 0.250. The van der Waals surface area contributed by atoms with Gasteiger partial charge in [0.15, 0.2) is 0 Å². The average molecular weight is 280 g/mol. The number of thiol groups is 1. The summed E-state index contributed by atoms with van der Waals surface area (Å²) in [5.74, 6) is 0.433. The largest absolute Gasteiger partial charge is 0.280 e. The molecule has 0 aliphatic carbocycles. The highest BCUT2D eigenvalue weighted by atomic mass is 35.5. The molecule has 92 valence electrons. The van der Waals surface area contributed by atoms with E-state index in [0.717, 1.165) is 10.9 Å². The van der Waals surface area contributed by atoms with Gasteiger partial charge in [-0.3, -0.25) is 9.69 Å². The number of fused-ring (bicyclic) bond motifs is 1. The molecule has 0 spiro atoms. The molecule has 1 saturated heterocycles. The lowest BCUT2D eigenvalue weighted by Crippen LogP contribution is -2.26. The first kappa shape index (κ1) is 11.7. The van der Waals surface area contributed by atoms with Crippen LogP contribution in [0.15, 0.2) is 24.4 Å². The van der Waals surface area contributed by atoms with Crippen molar-refractivity contribution >= 4 is 47.0 Å². The van der Waals surface area contributed by atoms with Gasteiger partial charge in [-0.2, -0.15) is 12.6 Å². The maximum Gasteiger partial charge on any atom is 0.232 e. The highest BCUT2D eigenvalue weighted by Gasteiger charge is 2.30. The third kappa shape index (κ3) is 1.93. The summed E-state index contributed by atoms with van der Waals surface area (Å²) in [5, 5.41) is 1.45. The Morgan fingerprint density at radius 3 is 3.00 bits per heavy atom. The van der Waals surface area contributed by atoms with Gasteiger partial charge in [0.05, 0.1) is 10.5 Å². The van der Waals surface area contributed by atoms with E-state index >= 15 is 0 Å². The number of carbonyl (C=O) groups is 1. The van der Waals surface area contributed by atoms with Crippen LogP contribution in [0.2, 0.25) is 5.02 Å². The minimum Gasteiger partial charge on any atom is -0.280 e. The van der Waals surface area contributed by atoms with Crippen molar-refractivity contribution in [2.75, 3.05) is 11.4 Å². The van der Waals surface area contributed by atoms with Crippen LogP contribution in [0.25, 0.3) is 10.9 Å². The lowest BCUT2D eigenvalue weighted by atomic mass is 10.2. The van der Waals surface area contributed by atoms with E-state index in [1.165, 1.54) is 0 Å². The van der Waals surface area contributed by atoms with Crippen LogP contribution in [0.3, 0.4) is 0 Å². The van der Waals surface area contributed by atoms with Crippen LogP contribution in [-0.2, 0) is 4.79 Å². The first-order valence-corrected chi connectivity index (χ1v) is 6.44. The number of benzene rings is 1. The van der Waals surface area contributed by atoms with Gasteiger partial charge in [0, 0.05) is 29.8 Å². The van der Waals surface area contributed by atoms with E-state index in [2.05, 4.69) is 22.6 Å². The predicted molar refractivity (Wildman–Crippen MR) is 74.3 cm³/mol. The molecule has 0 N–H and O–H groups in total. The molecule has 1 aromatic carbocycles. The van der Waals surface area contributed by atoms with Crippen LogP contribution in [0.1, 0.15) is 6.42 Å². The summed E-state index contributed by atoms with van der Waals surface area (Å²) in [4.78, 5) is 21.9. The quantitative estimate of drug-likeness (QED) is 0.815. The van der Waals surface area contributed by atoms with Gasteiger partial charge in [-0.15, -0.1) is 0 Å². The minimum absolute atomic E-state index is 0.0105. The van der Waals surface area contributed by atoms with Gasteiger partial charge < -0.3 is 0 Å². The molecule has 18 heavy (non-hydrogen) atoms. The molecule has 1 aliphatic heterocycles. The molecule has 1 atom stereocenters. The van der Waals surface area contributed by atoms with Gasteiger partial charge in [-0.25, -0.2) is 9.97 Å². The topological polar surface area (TPSA) is 46.1 Å². The Hall–Kier alpha value is -1.33. The number of amides is 1. The first-order valence-electron chi connectivity index (χ1n) is 5.55. The molecule has 1 fully saturated rings. The van der Waals surface area contributed by atoms with Gasteiger partial charge >= 0.3 is 0 Å². The zero-order chi connectivity index (χ0) is 12.7. The lowest BCUT2D eigenvalue weighted by molar-refractivity contribution is -0.117. The van der Waals surface area contributed by atoms with Crippen LogP contribution in [0.4, 0.5) is 5.95 Å². The lowest BCUT2D eigenvalue weighted by Gasteiger charge is -2.13. The monoisotopic (exact) mass is 279 g/mol. The molecule has 0 radical (unpaired) electrons. The minimum atomic E-state index is 0.0105. The average Bonchev–Trinajstić information content (AvgIpc) is 2.68. The number of hydrogen-bond donors (Lipinski definition) is 1. The number of anilines is 1. The zero-order valence-electron chi connectivity index (χ0n) is 9.38. The van der Waals surface area contributed by atoms with E-state index < -0.39 is 0 Å². The van der Waals surface area contributed by atoms with Crippen molar-refractivity contribution in [2.24, 2.45) is 0 Å². The molecule has 1 aliphatic rings.